The van der Waals surface area contributed by atoms with Gasteiger partial charge >= 0.3 is 0 Å². The lowest BCUT2D eigenvalue weighted by Crippen LogP contribution is -2.26. The first-order valence-electron chi connectivity index (χ1n) is 9.03. The molecule has 0 aliphatic heterocycles. The number of anilines is 3. The van der Waals surface area contributed by atoms with E-state index >= 15 is 0 Å². The van der Waals surface area contributed by atoms with Crippen molar-refractivity contribution in [2.75, 3.05) is 43.6 Å². The molecule has 2 rings (SSSR count). The molecule has 2 aromatic rings. The number of ether oxygens (including phenoxy) is 1. The smallest absolute Gasteiger partial charge is 0.269 e. The number of hydrogen-bond acceptors (Lipinski definition) is 5. The standard InChI is InChI=1S/C20H28N4O2/c1-4-24(5-2)18-10-7-16(8-11-18)23-17-9-12-19(22-15-17)20(25)21-13-6-14-26-3/h7-12,15,23H,4-6,13-14H2,1-3H3,(H,21,25). The maximum absolute atomic E-state index is 12.0. The Morgan fingerprint density at radius 1 is 1.08 bits per heavy atom. The van der Waals surface area contributed by atoms with Gasteiger partial charge in [0.1, 0.15) is 5.69 Å². The van der Waals surface area contributed by atoms with E-state index in [4.69, 9.17) is 4.74 Å². The molecule has 26 heavy (non-hydrogen) atoms. The molecule has 0 unspecified atom stereocenters. The number of carbonyl (C=O) groups is 1. The van der Waals surface area contributed by atoms with Gasteiger partial charge in [-0.3, -0.25) is 4.79 Å². The fraction of sp³-hybridized carbons (Fsp3) is 0.400. The van der Waals surface area contributed by atoms with Crippen molar-refractivity contribution in [1.29, 1.82) is 0 Å². The van der Waals surface area contributed by atoms with Crippen LogP contribution >= 0.6 is 0 Å². The van der Waals surface area contributed by atoms with Crippen molar-refractivity contribution in [3.05, 3.63) is 48.3 Å². The molecule has 0 spiro atoms. The van der Waals surface area contributed by atoms with Crippen LogP contribution in [0.4, 0.5) is 17.1 Å². The molecule has 0 atom stereocenters. The van der Waals surface area contributed by atoms with Crippen LogP contribution in [-0.2, 0) is 4.74 Å². The maximum atomic E-state index is 12.0. The number of aromatic nitrogens is 1. The van der Waals surface area contributed by atoms with E-state index in [0.717, 1.165) is 30.9 Å². The van der Waals surface area contributed by atoms with Crippen LogP contribution in [0.25, 0.3) is 0 Å². The van der Waals surface area contributed by atoms with E-state index in [9.17, 15) is 4.79 Å². The number of pyridine rings is 1. The van der Waals surface area contributed by atoms with Crippen LogP contribution in [0, 0.1) is 0 Å². The van der Waals surface area contributed by atoms with Crippen molar-refractivity contribution in [3.63, 3.8) is 0 Å². The number of carbonyl (C=O) groups excluding carboxylic acids is 1. The van der Waals surface area contributed by atoms with Crippen molar-refractivity contribution >= 4 is 23.0 Å². The molecule has 1 amide bonds. The third-order valence-corrected chi connectivity index (χ3v) is 4.09. The Balaban J connectivity index is 1.91. The Bertz CT molecular complexity index is 667. The minimum Gasteiger partial charge on any atom is -0.385 e. The molecule has 0 saturated carbocycles. The topological polar surface area (TPSA) is 66.5 Å². The summed E-state index contributed by atoms with van der Waals surface area (Å²) >= 11 is 0. The lowest BCUT2D eigenvalue weighted by Gasteiger charge is -2.21. The number of nitrogens with zero attached hydrogens (tertiary/aromatic N) is 2. The second-order valence-electron chi connectivity index (χ2n) is 5.88. The van der Waals surface area contributed by atoms with Crippen LogP contribution < -0.4 is 15.5 Å². The molecule has 1 aromatic heterocycles. The van der Waals surface area contributed by atoms with Gasteiger partial charge in [0.15, 0.2) is 0 Å². The zero-order valence-electron chi connectivity index (χ0n) is 15.8. The molecule has 0 saturated heterocycles. The first-order valence-corrected chi connectivity index (χ1v) is 9.03. The van der Waals surface area contributed by atoms with Gasteiger partial charge in [0.05, 0.1) is 11.9 Å². The van der Waals surface area contributed by atoms with Gasteiger partial charge in [-0.15, -0.1) is 0 Å². The average Bonchev–Trinajstić information content (AvgIpc) is 2.68. The summed E-state index contributed by atoms with van der Waals surface area (Å²) in [6, 6.07) is 11.9. The van der Waals surface area contributed by atoms with Crippen LogP contribution in [0.1, 0.15) is 30.8 Å². The van der Waals surface area contributed by atoms with E-state index in [1.165, 1.54) is 5.69 Å². The largest absolute Gasteiger partial charge is 0.385 e. The summed E-state index contributed by atoms with van der Waals surface area (Å²) in [5, 5.41) is 6.13. The highest BCUT2D eigenvalue weighted by Crippen LogP contribution is 2.20. The van der Waals surface area contributed by atoms with Gasteiger partial charge < -0.3 is 20.3 Å². The summed E-state index contributed by atoms with van der Waals surface area (Å²) in [5.74, 6) is -0.170. The minimum absolute atomic E-state index is 0.170. The van der Waals surface area contributed by atoms with Crippen molar-refractivity contribution in [2.45, 2.75) is 20.3 Å². The third kappa shape index (κ3) is 5.74. The predicted molar refractivity (Wildman–Crippen MR) is 106 cm³/mol. The van der Waals surface area contributed by atoms with Crippen LogP contribution in [0.15, 0.2) is 42.6 Å². The quantitative estimate of drug-likeness (QED) is 0.639. The van der Waals surface area contributed by atoms with Crippen LogP contribution in [0.5, 0.6) is 0 Å². The van der Waals surface area contributed by atoms with Gasteiger partial charge in [-0.2, -0.15) is 0 Å². The first-order chi connectivity index (χ1) is 12.7. The molecule has 0 radical (unpaired) electrons. The summed E-state index contributed by atoms with van der Waals surface area (Å²) in [4.78, 5) is 18.5. The van der Waals surface area contributed by atoms with E-state index in [0.29, 0.717) is 18.8 Å². The Morgan fingerprint density at radius 2 is 1.77 bits per heavy atom. The summed E-state index contributed by atoms with van der Waals surface area (Å²) in [5.41, 5.74) is 3.44. The molecule has 1 aromatic carbocycles. The average molecular weight is 356 g/mol. The van der Waals surface area contributed by atoms with Gasteiger partial charge in [-0.1, -0.05) is 0 Å². The molecule has 0 aliphatic carbocycles. The number of hydrogen-bond donors (Lipinski definition) is 2. The van der Waals surface area contributed by atoms with Gasteiger partial charge in [0.2, 0.25) is 0 Å². The Kier molecular flexibility index (Phi) is 7.89. The molecule has 2 N–H and O–H groups in total. The number of nitrogens with one attached hydrogen (secondary N) is 2. The van der Waals surface area contributed by atoms with Crippen molar-refractivity contribution in [2.24, 2.45) is 0 Å². The summed E-state index contributed by atoms with van der Waals surface area (Å²) in [6.07, 6.45) is 2.45. The molecule has 0 aliphatic rings. The van der Waals surface area contributed by atoms with Gasteiger partial charge in [0.25, 0.3) is 5.91 Å². The van der Waals surface area contributed by atoms with Crippen molar-refractivity contribution in [1.82, 2.24) is 10.3 Å². The number of benzene rings is 1. The molecular weight excluding hydrogens is 328 g/mol. The molecule has 0 bridgehead atoms. The summed E-state index contributed by atoms with van der Waals surface area (Å²) < 4.78 is 4.96. The first kappa shape index (κ1) is 19.7. The molecule has 6 heteroatoms. The highest BCUT2D eigenvalue weighted by molar-refractivity contribution is 5.92. The van der Waals surface area contributed by atoms with E-state index in [1.807, 2.05) is 18.2 Å². The van der Waals surface area contributed by atoms with E-state index in [1.54, 1.807) is 19.4 Å². The van der Waals surface area contributed by atoms with Gasteiger partial charge in [0, 0.05) is 44.7 Å². The van der Waals surface area contributed by atoms with E-state index in [-0.39, 0.29) is 5.91 Å². The lowest BCUT2D eigenvalue weighted by atomic mass is 10.2. The zero-order chi connectivity index (χ0) is 18.8. The fourth-order valence-electron chi connectivity index (χ4n) is 2.62. The Hall–Kier alpha value is -2.60. The van der Waals surface area contributed by atoms with Crippen LogP contribution in [0.2, 0.25) is 0 Å². The summed E-state index contributed by atoms with van der Waals surface area (Å²) in [7, 11) is 1.65. The maximum Gasteiger partial charge on any atom is 0.269 e. The molecule has 140 valence electrons. The lowest BCUT2D eigenvalue weighted by molar-refractivity contribution is 0.0943. The normalized spacial score (nSPS) is 10.4. The second kappa shape index (κ2) is 10.4. The van der Waals surface area contributed by atoms with Crippen LogP contribution in [-0.4, -0.2) is 44.2 Å². The third-order valence-electron chi connectivity index (χ3n) is 4.09. The molecule has 0 fully saturated rings. The van der Waals surface area contributed by atoms with Crippen molar-refractivity contribution in [3.8, 4) is 0 Å². The van der Waals surface area contributed by atoms with Crippen LogP contribution in [0.3, 0.4) is 0 Å². The highest BCUT2D eigenvalue weighted by Gasteiger charge is 2.07. The zero-order valence-corrected chi connectivity index (χ0v) is 15.8. The second-order valence-corrected chi connectivity index (χ2v) is 5.88. The SMILES string of the molecule is CCN(CC)c1ccc(Nc2ccc(C(=O)NCCCOC)nc2)cc1. The van der Waals surface area contributed by atoms with Crippen molar-refractivity contribution < 1.29 is 9.53 Å². The minimum atomic E-state index is -0.170. The summed E-state index contributed by atoms with van der Waals surface area (Å²) in [6.45, 7) is 7.48. The van der Waals surface area contributed by atoms with Gasteiger partial charge in [-0.25, -0.2) is 4.98 Å². The predicted octanol–water partition coefficient (Wildman–Crippen LogP) is 3.44. The van der Waals surface area contributed by atoms with E-state index < -0.39 is 0 Å². The Labute approximate surface area is 155 Å². The molecule has 1 heterocycles. The monoisotopic (exact) mass is 356 g/mol. The van der Waals surface area contributed by atoms with E-state index in [2.05, 4.69) is 46.5 Å². The number of amides is 1. The molecule has 6 nitrogen and oxygen atoms in total. The fourth-order valence-corrected chi connectivity index (χ4v) is 2.62. The van der Waals surface area contributed by atoms with Gasteiger partial charge in [-0.05, 0) is 56.7 Å². The number of rotatable bonds is 10. The highest BCUT2D eigenvalue weighted by atomic mass is 16.5. The number of methoxy groups -OCH3 is 1. The molecular formula is C20H28N4O2. The Morgan fingerprint density at radius 3 is 2.35 bits per heavy atom.